The molecule has 4 aliphatic rings. The molecule has 9 atom stereocenters. The maximum Gasteiger partial charge on any atom is 0.308 e. The third-order valence-electron chi connectivity index (χ3n) is 9.57. The van der Waals surface area contributed by atoms with Crippen molar-refractivity contribution in [2.24, 2.45) is 46.3 Å². The summed E-state index contributed by atoms with van der Waals surface area (Å²) in [5.74, 6) is 2.07. The van der Waals surface area contributed by atoms with E-state index in [-0.39, 0.29) is 40.7 Å². The van der Waals surface area contributed by atoms with Crippen LogP contribution >= 0.6 is 0 Å². The summed E-state index contributed by atoms with van der Waals surface area (Å²) in [6.45, 7) is 6.60. The van der Waals surface area contributed by atoms with Crippen LogP contribution in [0.1, 0.15) is 72.1 Å². The molecule has 152 valence electrons. The Morgan fingerprint density at radius 1 is 1.15 bits per heavy atom. The van der Waals surface area contributed by atoms with Gasteiger partial charge in [-0.3, -0.25) is 9.59 Å². The molecule has 0 bridgehead atoms. The molecule has 0 heterocycles. The number of hydrogen-bond donors (Lipinski definition) is 1. The van der Waals surface area contributed by atoms with Gasteiger partial charge in [0.1, 0.15) is 5.78 Å². The number of carbonyl (C=O) groups excluding carboxylic acids is 2. The average Bonchev–Trinajstić information content (AvgIpc) is 2.97. The van der Waals surface area contributed by atoms with E-state index in [2.05, 4.69) is 13.8 Å². The summed E-state index contributed by atoms with van der Waals surface area (Å²) in [7, 11) is 1.47. The van der Waals surface area contributed by atoms with Gasteiger partial charge in [-0.25, -0.2) is 0 Å². The van der Waals surface area contributed by atoms with Crippen LogP contribution in [-0.4, -0.2) is 30.1 Å². The Morgan fingerprint density at radius 3 is 2.59 bits per heavy atom. The predicted molar refractivity (Wildman–Crippen MR) is 103 cm³/mol. The van der Waals surface area contributed by atoms with Crippen molar-refractivity contribution in [1.29, 1.82) is 0 Å². The number of esters is 1. The molecule has 0 spiro atoms. The standard InChI is InChI=1S/C23H36O4/c1-13(21(26)27-4)17-7-8-18-16-6-5-14-11-15(24)9-10-22(14,2)20(16)19(25)12-23(17,18)3/h13-18,20,24H,5-12H2,1-4H3. The smallest absolute Gasteiger partial charge is 0.308 e. The molecule has 0 aromatic carbocycles. The van der Waals surface area contributed by atoms with Crippen LogP contribution in [0.25, 0.3) is 0 Å². The van der Waals surface area contributed by atoms with Gasteiger partial charge in [-0.2, -0.15) is 0 Å². The topological polar surface area (TPSA) is 63.6 Å². The number of ether oxygens (including phenoxy) is 1. The first kappa shape index (κ1) is 19.4. The van der Waals surface area contributed by atoms with E-state index < -0.39 is 0 Å². The SMILES string of the molecule is COC(=O)C(C)C1CCC2C3CCC4CC(O)CCC4(C)C3C(=O)CC12C. The van der Waals surface area contributed by atoms with Gasteiger partial charge in [-0.1, -0.05) is 20.8 Å². The summed E-state index contributed by atoms with van der Waals surface area (Å²) < 4.78 is 5.03. The van der Waals surface area contributed by atoms with Crippen molar-refractivity contribution in [1.82, 2.24) is 0 Å². The highest BCUT2D eigenvalue weighted by molar-refractivity contribution is 5.84. The lowest BCUT2D eigenvalue weighted by atomic mass is 9.44. The number of rotatable bonds is 2. The summed E-state index contributed by atoms with van der Waals surface area (Å²) >= 11 is 0. The monoisotopic (exact) mass is 376 g/mol. The van der Waals surface area contributed by atoms with Gasteiger partial charge in [-0.15, -0.1) is 0 Å². The molecule has 9 unspecified atom stereocenters. The Balaban J connectivity index is 1.63. The van der Waals surface area contributed by atoms with E-state index >= 15 is 0 Å². The molecule has 0 aromatic heterocycles. The van der Waals surface area contributed by atoms with Crippen LogP contribution in [0.15, 0.2) is 0 Å². The third kappa shape index (κ3) is 2.73. The molecule has 4 rings (SSSR count). The maximum absolute atomic E-state index is 13.5. The Labute approximate surface area is 163 Å². The highest BCUT2D eigenvalue weighted by Gasteiger charge is 2.64. The fourth-order valence-electron chi connectivity index (χ4n) is 8.26. The fraction of sp³-hybridized carbons (Fsp3) is 0.913. The zero-order valence-corrected chi connectivity index (χ0v) is 17.4. The molecule has 4 saturated carbocycles. The van der Waals surface area contributed by atoms with Crippen LogP contribution in [0.5, 0.6) is 0 Å². The minimum absolute atomic E-state index is 0.0621. The average molecular weight is 377 g/mol. The largest absolute Gasteiger partial charge is 0.469 e. The normalized spacial score (nSPS) is 50.3. The second kappa shape index (κ2) is 6.57. The van der Waals surface area contributed by atoms with Crippen molar-refractivity contribution in [2.45, 2.75) is 78.2 Å². The number of ketones is 1. The fourth-order valence-corrected chi connectivity index (χ4v) is 8.26. The molecule has 4 heteroatoms. The number of methoxy groups -OCH3 is 1. The number of carbonyl (C=O) groups is 2. The molecular formula is C23H36O4. The molecule has 0 saturated heterocycles. The first-order valence-corrected chi connectivity index (χ1v) is 11.0. The van der Waals surface area contributed by atoms with E-state index in [0.717, 1.165) is 44.9 Å². The van der Waals surface area contributed by atoms with Gasteiger partial charge in [-0.05, 0) is 79.4 Å². The van der Waals surface area contributed by atoms with Crippen LogP contribution in [0.2, 0.25) is 0 Å². The van der Waals surface area contributed by atoms with E-state index in [1.165, 1.54) is 7.11 Å². The minimum Gasteiger partial charge on any atom is -0.469 e. The van der Waals surface area contributed by atoms with Gasteiger partial charge < -0.3 is 9.84 Å². The maximum atomic E-state index is 13.5. The lowest BCUT2D eigenvalue weighted by Gasteiger charge is -2.60. The van der Waals surface area contributed by atoms with Gasteiger partial charge in [0, 0.05) is 12.3 Å². The van der Waals surface area contributed by atoms with Gasteiger partial charge in [0.15, 0.2) is 0 Å². The predicted octanol–water partition coefficient (Wildman–Crippen LogP) is 3.99. The van der Waals surface area contributed by atoms with Crippen molar-refractivity contribution < 1.29 is 19.4 Å². The molecule has 0 aliphatic heterocycles. The molecule has 27 heavy (non-hydrogen) atoms. The molecule has 4 fully saturated rings. The van der Waals surface area contributed by atoms with Gasteiger partial charge in [0.25, 0.3) is 0 Å². The van der Waals surface area contributed by atoms with Crippen LogP contribution in [0.3, 0.4) is 0 Å². The second-order valence-corrected chi connectivity index (χ2v) is 10.6. The first-order chi connectivity index (χ1) is 12.7. The number of fused-ring (bicyclic) bond motifs is 5. The second-order valence-electron chi connectivity index (χ2n) is 10.6. The van der Waals surface area contributed by atoms with Crippen molar-refractivity contribution in [3.05, 3.63) is 0 Å². The zero-order valence-electron chi connectivity index (χ0n) is 17.4. The third-order valence-corrected chi connectivity index (χ3v) is 9.57. The van der Waals surface area contributed by atoms with E-state index in [0.29, 0.717) is 30.0 Å². The van der Waals surface area contributed by atoms with E-state index in [4.69, 9.17) is 4.74 Å². The van der Waals surface area contributed by atoms with Crippen LogP contribution in [0, 0.1) is 46.3 Å². The van der Waals surface area contributed by atoms with Crippen molar-refractivity contribution in [2.75, 3.05) is 7.11 Å². The number of hydrogen-bond acceptors (Lipinski definition) is 4. The Bertz CT molecular complexity index is 630. The highest BCUT2D eigenvalue weighted by atomic mass is 16.5. The summed E-state index contributed by atoms with van der Waals surface area (Å²) in [6, 6.07) is 0. The van der Waals surface area contributed by atoms with Crippen LogP contribution in [-0.2, 0) is 14.3 Å². The highest BCUT2D eigenvalue weighted by Crippen LogP contribution is 2.67. The Morgan fingerprint density at radius 2 is 1.89 bits per heavy atom. The quantitative estimate of drug-likeness (QED) is 0.740. The summed E-state index contributed by atoms with van der Waals surface area (Å²) in [5, 5.41) is 10.2. The Hall–Kier alpha value is -0.900. The van der Waals surface area contributed by atoms with Crippen LogP contribution in [0.4, 0.5) is 0 Å². The molecule has 0 radical (unpaired) electrons. The zero-order chi connectivity index (χ0) is 19.6. The Kier molecular flexibility index (Phi) is 4.73. The van der Waals surface area contributed by atoms with E-state index in [1.807, 2.05) is 6.92 Å². The summed E-state index contributed by atoms with van der Waals surface area (Å²) in [6.07, 6.45) is 7.57. The summed E-state index contributed by atoms with van der Waals surface area (Å²) in [5.41, 5.74) is -0.00412. The number of aliphatic hydroxyl groups excluding tert-OH is 1. The van der Waals surface area contributed by atoms with Crippen molar-refractivity contribution >= 4 is 11.8 Å². The number of Topliss-reactive ketones (excluding diaryl/α,β-unsaturated/α-hetero) is 1. The van der Waals surface area contributed by atoms with E-state index in [9.17, 15) is 14.7 Å². The lowest BCUT2D eigenvalue weighted by molar-refractivity contribution is -0.165. The molecule has 4 nitrogen and oxygen atoms in total. The van der Waals surface area contributed by atoms with Crippen LogP contribution < -0.4 is 0 Å². The van der Waals surface area contributed by atoms with E-state index in [1.54, 1.807) is 0 Å². The molecule has 4 aliphatic carbocycles. The molecule has 0 aromatic rings. The number of aliphatic hydroxyl groups is 1. The minimum atomic E-state index is -0.180. The molecule has 0 amide bonds. The molecular weight excluding hydrogens is 340 g/mol. The van der Waals surface area contributed by atoms with Gasteiger partial charge in [0.2, 0.25) is 0 Å². The van der Waals surface area contributed by atoms with Crippen molar-refractivity contribution in [3.8, 4) is 0 Å². The first-order valence-electron chi connectivity index (χ1n) is 11.0. The van der Waals surface area contributed by atoms with Gasteiger partial charge in [0.05, 0.1) is 19.1 Å². The van der Waals surface area contributed by atoms with Gasteiger partial charge >= 0.3 is 5.97 Å². The summed E-state index contributed by atoms with van der Waals surface area (Å²) in [4.78, 5) is 25.8. The molecule has 1 N–H and O–H groups in total. The van der Waals surface area contributed by atoms with Crippen molar-refractivity contribution in [3.63, 3.8) is 0 Å². The lowest BCUT2D eigenvalue weighted by Crippen LogP contribution is -2.58.